The molecule has 0 bridgehead atoms. The van der Waals surface area contributed by atoms with Gasteiger partial charge >= 0.3 is 0 Å². The average molecular weight is 1000 g/mol. The molecule has 15 nitrogen and oxygen atoms in total. The standard InChI is InChI=1S/C30H37N5O2.C29H36N6O2/c1-23(19-24-10-12-26(13-11-24)34-17-14-31-22-34)20-29(36)33-15-5-7-25(21-33)30-32-27-8-3-4-9-28(27)35(30)16-6-18-37-2;1-37-17-5-15-35-27-8-3-2-7-26(27)32-29(35)23-6-4-14-33(20-23)28(36)19-24(30)18-22-9-11-25(12-10-22)34-16-13-31-21-34/h3-4,8-14,17,22-23,25H,5-7,15-16,18-21H2,1-2H3;2-3,7-13,16,21,23-24H,4-6,14-15,17-20,30H2,1H3/t23-,25-;23-,24-/m11/s1. The molecule has 8 aromatic rings. The van der Waals surface area contributed by atoms with Crippen LogP contribution < -0.4 is 5.73 Å². The summed E-state index contributed by atoms with van der Waals surface area (Å²) in [7, 11) is 3.48. The molecule has 2 aliphatic rings. The second kappa shape index (κ2) is 25.3. The molecule has 0 radical (unpaired) electrons. The number of methoxy groups -OCH3 is 2. The molecule has 2 aliphatic heterocycles. The number of aryl methyl sites for hydroxylation is 2. The van der Waals surface area contributed by atoms with Gasteiger partial charge in [0.25, 0.3) is 0 Å². The van der Waals surface area contributed by atoms with E-state index in [1.54, 1.807) is 39.3 Å². The third-order valence-corrected chi connectivity index (χ3v) is 14.6. The predicted octanol–water partition coefficient (Wildman–Crippen LogP) is 9.16. The summed E-state index contributed by atoms with van der Waals surface area (Å²) in [6.07, 6.45) is 19.4. The fourth-order valence-corrected chi connectivity index (χ4v) is 10.9. The van der Waals surface area contributed by atoms with Crippen molar-refractivity contribution >= 4 is 33.9 Å². The summed E-state index contributed by atoms with van der Waals surface area (Å²) < 4.78 is 19.2. The number of likely N-dealkylation sites (tertiary alicyclic amines) is 2. The van der Waals surface area contributed by atoms with E-state index in [2.05, 4.69) is 116 Å². The number of fused-ring (bicyclic) bond motifs is 2. The van der Waals surface area contributed by atoms with Gasteiger partial charge in [-0.3, -0.25) is 9.59 Å². The van der Waals surface area contributed by atoms with Crippen LogP contribution in [0, 0.1) is 5.92 Å². The summed E-state index contributed by atoms with van der Waals surface area (Å²) in [5.41, 5.74) is 15.3. The Morgan fingerprint density at radius 1 is 0.622 bits per heavy atom. The van der Waals surface area contributed by atoms with Crippen molar-refractivity contribution in [3.8, 4) is 11.4 Å². The number of nitrogens with two attached hydrogens (primary N) is 1. The van der Waals surface area contributed by atoms with Crippen LogP contribution in [-0.4, -0.2) is 119 Å². The predicted molar refractivity (Wildman–Crippen MR) is 290 cm³/mol. The number of piperidine rings is 2. The Hall–Kier alpha value is -6.94. The summed E-state index contributed by atoms with van der Waals surface area (Å²) in [4.78, 5) is 48.9. The number of hydrogen-bond donors (Lipinski definition) is 1. The van der Waals surface area contributed by atoms with Gasteiger partial charge in [-0.25, -0.2) is 19.9 Å². The van der Waals surface area contributed by atoms with E-state index in [1.165, 1.54) is 11.1 Å². The van der Waals surface area contributed by atoms with Crippen LogP contribution in [0.3, 0.4) is 0 Å². The Morgan fingerprint density at radius 3 is 1.54 bits per heavy atom. The second-order valence-electron chi connectivity index (χ2n) is 20.2. The maximum atomic E-state index is 13.3. The quantitative estimate of drug-likeness (QED) is 0.0736. The van der Waals surface area contributed by atoms with Crippen molar-refractivity contribution in [2.24, 2.45) is 11.7 Å². The third-order valence-electron chi connectivity index (χ3n) is 14.6. The molecule has 2 saturated heterocycles. The van der Waals surface area contributed by atoms with Crippen LogP contribution in [0.1, 0.15) is 92.9 Å². The number of hydrogen-bond acceptors (Lipinski definition) is 9. The Labute approximate surface area is 435 Å². The number of ether oxygens (including phenoxy) is 2. The van der Waals surface area contributed by atoms with Crippen molar-refractivity contribution in [1.82, 2.24) is 48.0 Å². The molecular formula is C59H73N11O4. The zero-order valence-electron chi connectivity index (χ0n) is 43.4. The number of amides is 2. The highest BCUT2D eigenvalue weighted by molar-refractivity contribution is 5.79. The minimum absolute atomic E-state index is 0.134. The molecule has 74 heavy (non-hydrogen) atoms. The van der Waals surface area contributed by atoms with E-state index >= 15 is 0 Å². The van der Waals surface area contributed by atoms with Crippen LogP contribution in [0.5, 0.6) is 0 Å². The normalized spacial score (nSPS) is 16.8. The zero-order chi connectivity index (χ0) is 51.2. The van der Waals surface area contributed by atoms with E-state index in [0.717, 1.165) is 129 Å². The first kappa shape index (κ1) is 51.9. The smallest absolute Gasteiger partial charge is 0.224 e. The molecule has 388 valence electrons. The highest BCUT2D eigenvalue weighted by Gasteiger charge is 2.31. The van der Waals surface area contributed by atoms with Crippen LogP contribution >= 0.6 is 0 Å². The maximum Gasteiger partial charge on any atom is 0.224 e. The largest absolute Gasteiger partial charge is 0.385 e. The summed E-state index contributed by atoms with van der Waals surface area (Å²) in [5, 5.41) is 0. The number of carbonyl (C=O) groups is 2. The number of carbonyl (C=O) groups excluding carboxylic acids is 2. The van der Waals surface area contributed by atoms with Crippen molar-refractivity contribution in [2.75, 3.05) is 53.6 Å². The van der Waals surface area contributed by atoms with E-state index in [4.69, 9.17) is 25.2 Å². The molecule has 0 saturated carbocycles. The summed E-state index contributed by atoms with van der Waals surface area (Å²) in [6, 6.07) is 33.2. The minimum atomic E-state index is -0.217. The SMILES string of the molecule is COCCCn1c([C@@H]2CCCN(C(=O)C[C@H](C)Cc3ccc(-n4ccnc4)cc3)C2)nc2ccccc21.COCCCn1c([C@@H]2CCCN(C(=O)C[C@H](N)Cc3ccc(-n4ccnc4)cc3)C2)nc2ccccc21. The van der Waals surface area contributed by atoms with Crippen molar-refractivity contribution < 1.29 is 19.1 Å². The highest BCUT2D eigenvalue weighted by atomic mass is 16.5. The lowest BCUT2D eigenvalue weighted by atomic mass is 9.94. The molecule has 6 heterocycles. The number of rotatable bonds is 20. The fraction of sp³-hybridized carbons (Fsp3) is 0.424. The van der Waals surface area contributed by atoms with Crippen molar-refractivity contribution in [3.63, 3.8) is 0 Å². The van der Waals surface area contributed by atoms with E-state index in [0.29, 0.717) is 32.4 Å². The van der Waals surface area contributed by atoms with E-state index in [1.807, 2.05) is 38.6 Å². The molecule has 2 amide bonds. The first-order valence-electron chi connectivity index (χ1n) is 26.6. The van der Waals surface area contributed by atoms with Gasteiger partial charge in [0.2, 0.25) is 11.8 Å². The van der Waals surface area contributed by atoms with Crippen LogP contribution in [-0.2, 0) is 45.0 Å². The van der Waals surface area contributed by atoms with Gasteiger partial charge < -0.3 is 43.3 Å². The Morgan fingerprint density at radius 2 is 1.08 bits per heavy atom. The van der Waals surface area contributed by atoms with Gasteiger partial charge in [-0.05, 0) is 117 Å². The number of para-hydroxylation sites is 4. The lowest BCUT2D eigenvalue weighted by Crippen LogP contribution is -2.42. The lowest BCUT2D eigenvalue weighted by Gasteiger charge is -2.33. The second-order valence-corrected chi connectivity index (χ2v) is 20.2. The molecule has 10 rings (SSSR count). The monoisotopic (exact) mass is 1000 g/mol. The molecular weight excluding hydrogens is 927 g/mol. The molecule has 2 N–H and O–H groups in total. The van der Waals surface area contributed by atoms with Crippen molar-refractivity contribution in [3.05, 3.63) is 157 Å². The highest BCUT2D eigenvalue weighted by Crippen LogP contribution is 2.32. The molecule has 0 aliphatic carbocycles. The van der Waals surface area contributed by atoms with Gasteiger partial charge in [0.1, 0.15) is 11.6 Å². The molecule has 2 fully saturated rings. The number of benzene rings is 4. The molecule has 4 aromatic carbocycles. The summed E-state index contributed by atoms with van der Waals surface area (Å²) in [5.74, 6) is 3.35. The number of nitrogens with zero attached hydrogens (tertiary/aromatic N) is 10. The van der Waals surface area contributed by atoms with Crippen LogP contribution in [0.15, 0.2) is 135 Å². The van der Waals surface area contributed by atoms with Gasteiger partial charge in [-0.2, -0.15) is 0 Å². The van der Waals surface area contributed by atoms with Crippen LogP contribution in [0.2, 0.25) is 0 Å². The molecule has 15 heteroatoms. The number of imidazole rings is 4. The van der Waals surface area contributed by atoms with Gasteiger partial charge in [0, 0.05) is 134 Å². The Kier molecular flexibility index (Phi) is 17.8. The van der Waals surface area contributed by atoms with E-state index in [9.17, 15) is 9.59 Å². The first-order chi connectivity index (χ1) is 36.2. The zero-order valence-corrected chi connectivity index (χ0v) is 43.4. The van der Waals surface area contributed by atoms with Crippen LogP contribution in [0.25, 0.3) is 33.4 Å². The third kappa shape index (κ3) is 13.0. The van der Waals surface area contributed by atoms with Crippen molar-refractivity contribution in [1.29, 1.82) is 0 Å². The molecule has 0 spiro atoms. The number of aromatic nitrogens is 8. The lowest BCUT2D eigenvalue weighted by molar-refractivity contribution is -0.133. The first-order valence-corrected chi connectivity index (χ1v) is 26.6. The molecule has 4 atom stereocenters. The van der Waals surface area contributed by atoms with Gasteiger partial charge in [0.05, 0.1) is 34.7 Å². The maximum absolute atomic E-state index is 13.3. The van der Waals surface area contributed by atoms with E-state index in [-0.39, 0.29) is 35.6 Å². The van der Waals surface area contributed by atoms with Gasteiger partial charge in [0.15, 0.2) is 0 Å². The Balaban J connectivity index is 0.000000182. The Bertz CT molecular complexity index is 2800. The van der Waals surface area contributed by atoms with Crippen LogP contribution in [0.4, 0.5) is 0 Å². The summed E-state index contributed by atoms with van der Waals surface area (Å²) in [6.45, 7) is 8.42. The van der Waals surface area contributed by atoms with Gasteiger partial charge in [-0.1, -0.05) is 55.5 Å². The molecule has 4 aromatic heterocycles. The fourth-order valence-electron chi connectivity index (χ4n) is 10.9. The van der Waals surface area contributed by atoms with Gasteiger partial charge in [-0.15, -0.1) is 0 Å². The summed E-state index contributed by atoms with van der Waals surface area (Å²) >= 11 is 0. The average Bonchev–Trinajstić information content (AvgIpc) is 4.28. The van der Waals surface area contributed by atoms with Crippen molar-refractivity contribution in [2.45, 2.75) is 102 Å². The molecule has 0 unspecified atom stereocenters. The minimum Gasteiger partial charge on any atom is -0.385 e. The van der Waals surface area contributed by atoms with E-state index < -0.39 is 0 Å². The topological polar surface area (TPSA) is 156 Å².